The lowest BCUT2D eigenvalue weighted by Crippen LogP contribution is -2.53. The van der Waals surface area contributed by atoms with Gasteiger partial charge in [-0.25, -0.2) is 4.99 Å². The summed E-state index contributed by atoms with van der Waals surface area (Å²) in [5, 5.41) is 17.8. The molecule has 0 spiro atoms. The van der Waals surface area contributed by atoms with Crippen molar-refractivity contribution in [1.29, 1.82) is 0 Å². The van der Waals surface area contributed by atoms with Gasteiger partial charge in [0, 0.05) is 11.0 Å². The summed E-state index contributed by atoms with van der Waals surface area (Å²) < 4.78 is 4.96. The molecular weight excluding hydrogens is 264 g/mol. The van der Waals surface area contributed by atoms with Crippen LogP contribution in [0.15, 0.2) is 15.7 Å². The Labute approximate surface area is 117 Å². The number of aliphatic imine (C=N–C) groups is 1. The Kier molecular flexibility index (Phi) is 5.07. The zero-order valence-corrected chi connectivity index (χ0v) is 12.2. The first-order valence-corrected chi connectivity index (χ1v) is 7.62. The number of thioether (sulfide) groups is 1. The highest BCUT2D eigenvalue weighted by molar-refractivity contribution is 8.00. The molecule has 0 bridgehead atoms. The Morgan fingerprint density at radius 3 is 2.89 bits per heavy atom. The van der Waals surface area contributed by atoms with E-state index < -0.39 is 0 Å². The lowest BCUT2D eigenvalue weighted by Gasteiger charge is -2.22. The fourth-order valence-electron chi connectivity index (χ4n) is 2.04. The van der Waals surface area contributed by atoms with Crippen LogP contribution < -0.4 is 14.9 Å². The topological polar surface area (TPSA) is 68.6 Å². The van der Waals surface area contributed by atoms with Crippen LogP contribution in [0.5, 0.6) is 0 Å². The normalized spacial score (nSPS) is 17.7. The smallest absolute Gasteiger partial charge is 0.324 e. The molecule has 19 heavy (non-hydrogen) atoms. The molecule has 0 unspecified atom stereocenters. The molecule has 0 atom stereocenters. The van der Waals surface area contributed by atoms with Gasteiger partial charge in [0.2, 0.25) is 5.27 Å². The second-order valence-electron chi connectivity index (χ2n) is 4.88. The third-order valence-corrected chi connectivity index (χ3v) is 4.44. The van der Waals surface area contributed by atoms with E-state index in [9.17, 15) is 5.11 Å². The molecule has 0 amide bonds. The molecular formula is C12H20N4O2S. The largest absolute Gasteiger partial charge is 0.861 e. The summed E-state index contributed by atoms with van der Waals surface area (Å²) in [6.07, 6.45) is 7.94. The minimum atomic E-state index is -0.155. The summed E-state index contributed by atoms with van der Waals surface area (Å²) in [6.45, 7) is 0. The first-order valence-electron chi connectivity index (χ1n) is 6.57. The van der Waals surface area contributed by atoms with Gasteiger partial charge in [-0.1, -0.05) is 19.3 Å². The van der Waals surface area contributed by atoms with E-state index in [0.29, 0.717) is 11.0 Å². The van der Waals surface area contributed by atoms with Crippen LogP contribution in [0.4, 0.5) is 5.88 Å². The molecule has 0 N–H and O–H groups in total. The minimum Gasteiger partial charge on any atom is -0.861 e. The van der Waals surface area contributed by atoms with Crippen LogP contribution in [0.2, 0.25) is 0 Å². The number of hydrogen-bond donors (Lipinski definition) is 0. The van der Waals surface area contributed by atoms with E-state index >= 15 is 0 Å². The van der Waals surface area contributed by atoms with E-state index in [-0.39, 0.29) is 11.8 Å². The Balaban J connectivity index is 1.83. The molecule has 0 saturated heterocycles. The van der Waals surface area contributed by atoms with Crippen LogP contribution in [0.1, 0.15) is 32.1 Å². The summed E-state index contributed by atoms with van der Waals surface area (Å²) >= 11 is 1.72. The van der Waals surface area contributed by atoms with Crippen molar-refractivity contribution in [2.75, 3.05) is 24.9 Å². The van der Waals surface area contributed by atoms with Gasteiger partial charge in [0.05, 0.1) is 18.9 Å². The fourth-order valence-corrected chi connectivity index (χ4v) is 3.15. The molecule has 0 radical (unpaired) electrons. The van der Waals surface area contributed by atoms with Gasteiger partial charge in [-0.3, -0.25) is 4.52 Å². The maximum absolute atomic E-state index is 11.7. The number of nitrogens with zero attached hydrogens (tertiary/aromatic N) is 4. The summed E-state index contributed by atoms with van der Waals surface area (Å²) in [6, 6.07) is 0. The molecule has 0 aromatic carbocycles. The van der Waals surface area contributed by atoms with Crippen molar-refractivity contribution < 1.29 is 14.4 Å². The molecule has 1 aromatic rings. The van der Waals surface area contributed by atoms with E-state index in [1.807, 2.05) is 14.1 Å². The molecule has 7 heteroatoms. The molecule has 1 aliphatic rings. The monoisotopic (exact) mass is 284 g/mol. The van der Waals surface area contributed by atoms with Gasteiger partial charge in [0.1, 0.15) is 0 Å². The molecule has 1 aliphatic carbocycles. The van der Waals surface area contributed by atoms with Crippen molar-refractivity contribution in [2.24, 2.45) is 4.99 Å². The lowest BCUT2D eigenvalue weighted by molar-refractivity contribution is -0.753. The third kappa shape index (κ3) is 4.41. The van der Waals surface area contributed by atoms with Crippen LogP contribution >= 0.6 is 11.8 Å². The molecule has 1 heterocycles. The Morgan fingerprint density at radius 2 is 2.26 bits per heavy atom. The zero-order valence-electron chi connectivity index (χ0n) is 11.4. The Morgan fingerprint density at radius 1 is 1.53 bits per heavy atom. The second-order valence-corrected chi connectivity index (χ2v) is 6.17. The van der Waals surface area contributed by atoms with Crippen molar-refractivity contribution in [1.82, 2.24) is 5.27 Å². The lowest BCUT2D eigenvalue weighted by atomic mass is 10.0. The van der Waals surface area contributed by atoms with Crippen molar-refractivity contribution in [2.45, 2.75) is 37.4 Å². The molecule has 1 fully saturated rings. The molecule has 1 saturated carbocycles. The molecule has 2 rings (SSSR count). The van der Waals surface area contributed by atoms with Crippen LogP contribution in [-0.4, -0.2) is 36.3 Å². The van der Waals surface area contributed by atoms with Gasteiger partial charge in [-0.2, -0.15) is 16.8 Å². The van der Waals surface area contributed by atoms with Crippen LogP contribution in [0.3, 0.4) is 0 Å². The minimum absolute atomic E-state index is 0.155. The van der Waals surface area contributed by atoms with E-state index in [4.69, 9.17) is 4.52 Å². The molecule has 106 valence electrons. The highest BCUT2D eigenvalue weighted by atomic mass is 32.2. The van der Waals surface area contributed by atoms with Crippen molar-refractivity contribution in [3.63, 3.8) is 0 Å². The SMILES string of the molecule is CN(C)[n+]1cc(/N=C(\[O-])CSC2CCCCC2)on1. The number of aromatic nitrogens is 2. The predicted molar refractivity (Wildman–Crippen MR) is 73.2 cm³/mol. The summed E-state index contributed by atoms with van der Waals surface area (Å²) in [5.41, 5.74) is 0. The van der Waals surface area contributed by atoms with Gasteiger partial charge in [0.15, 0.2) is 0 Å². The van der Waals surface area contributed by atoms with Gasteiger partial charge >= 0.3 is 5.88 Å². The van der Waals surface area contributed by atoms with Gasteiger partial charge in [0.25, 0.3) is 6.20 Å². The van der Waals surface area contributed by atoms with E-state index in [2.05, 4.69) is 10.3 Å². The van der Waals surface area contributed by atoms with Crippen LogP contribution in [-0.2, 0) is 0 Å². The summed E-state index contributed by atoms with van der Waals surface area (Å²) in [7, 11) is 3.65. The van der Waals surface area contributed by atoms with Crippen LogP contribution in [0.25, 0.3) is 0 Å². The van der Waals surface area contributed by atoms with Gasteiger partial charge in [-0.05, 0) is 18.7 Å². The van der Waals surface area contributed by atoms with E-state index in [1.165, 1.54) is 36.9 Å². The van der Waals surface area contributed by atoms with Crippen molar-refractivity contribution in [3.8, 4) is 0 Å². The molecule has 0 aliphatic heterocycles. The van der Waals surface area contributed by atoms with Gasteiger partial charge in [-0.15, -0.1) is 0 Å². The average molecular weight is 284 g/mol. The van der Waals surface area contributed by atoms with Crippen molar-refractivity contribution >= 4 is 23.5 Å². The van der Waals surface area contributed by atoms with Gasteiger partial charge < -0.3 is 5.11 Å². The number of hydrogen-bond acceptors (Lipinski definition) is 6. The zero-order chi connectivity index (χ0) is 13.7. The quantitative estimate of drug-likeness (QED) is 0.450. The first kappa shape index (κ1) is 14.2. The summed E-state index contributed by atoms with van der Waals surface area (Å²) in [5.74, 6) is 0.522. The average Bonchev–Trinajstić information content (AvgIpc) is 2.86. The number of rotatable bonds is 5. The predicted octanol–water partition coefficient (Wildman–Crippen LogP) is 0.616. The second kappa shape index (κ2) is 6.79. The third-order valence-electron chi connectivity index (χ3n) is 3.08. The Hall–Kier alpha value is -1.24. The van der Waals surface area contributed by atoms with E-state index in [0.717, 1.165) is 0 Å². The maximum atomic E-state index is 11.7. The highest BCUT2D eigenvalue weighted by Crippen LogP contribution is 2.28. The fraction of sp³-hybridized carbons (Fsp3) is 0.750. The van der Waals surface area contributed by atoms with Crippen molar-refractivity contribution in [3.05, 3.63) is 6.20 Å². The maximum Gasteiger partial charge on any atom is 0.324 e. The van der Waals surface area contributed by atoms with E-state index in [1.54, 1.807) is 23.0 Å². The van der Waals surface area contributed by atoms with Crippen LogP contribution in [0, 0.1) is 0 Å². The standard InChI is InChI=1S/C12H20N4O2S/c1-15(2)16-8-12(18-14-16)13-11(17)9-19-10-6-4-3-5-7-10/h8,10H,3-7,9H2,1-2H3. The Bertz CT molecular complexity index is 427. The molecule has 1 aromatic heterocycles. The molecule has 6 nitrogen and oxygen atoms in total. The first-order chi connectivity index (χ1) is 9.15. The highest BCUT2D eigenvalue weighted by Gasteiger charge is 2.14. The summed E-state index contributed by atoms with van der Waals surface area (Å²) in [4.78, 5) is 5.40.